The van der Waals surface area contributed by atoms with Gasteiger partial charge in [-0.15, -0.1) is 0 Å². The van der Waals surface area contributed by atoms with Crippen molar-refractivity contribution in [3.63, 3.8) is 0 Å². The summed E-state index contributed by atoms with van der Waals surface area (Å²) in [5.41, 5.74) is 3.89. The minimum Gasteiger partial charge on any atom is -0.503 e. The Morgan fingerprint density at radius 3 is 2.43 bits per heavy atom. The molecule has 1 saturated heterocycles. The molecule has 7 heteroatoms. The molecule has 2 aliphatic rings. The fourth-order valence-corrected chi connectivity index (χ4v) is 5.50. The zero-order valence-electron chi connectivity index (χ0n) is 20.3. The number of furan rings is 1. The number of halogens is 1. The van der Waals surface area contributed by atoms with E-state index in [0.717, 1.165) is 29.9 Å². The largest absolute Gasteiger partial charge is 0.503 e. The maximum Gasteiger partial charge on any atom is 0.294 e. The number of hydrogen-bond donors (Lipinski definition) is 1. The monoisotopic (exact) mass is 512 g/mol. The van der Waals surface area contributed by atoms with Crippen LogP contribution in [0.4, 0.5) is 11.4 Å². The lowest BCUT2D eigenvalue weighted by molar-refractivity contribution is -0.117. The minimum atomic E-state index is -0.811. The molecule has 3 heterocycles. The average molecular weight is 513 g/mol. The molecule has 1 aromatic heterocycles. The van der Waals surface area contributed by atoms with E-state index < -0.39 is 23.5 Å². The number of benzene rings is 3. The van der Waals surface area contributed by atoms with Crippen LogP contribution in [0, 0.1) is 6.92 Å². The summed E-state index contributed by atoms with van der Waals surface area (Å²) in [6.45, 7) is 3.97. The molecule has 37 heavy (non-hydrogen) atoms. The van der Waals surface area contributed by atoms with E-state index in [9.17, 15) is 14.7 Å². The number of amides is 1. The predicted molar refractivity (Wildman–Crippen MR) is 145 cm³/mol. The van der Waals surface area contributed by atoms with Crippen LogP contribution in [0.3, 0.4) is 0 Å². The maximum absolute atomic E-state index is 13.8. The Bertz CT molecular complexity index is 1560. The van der Waals surface area contributed by atoms with Crippen LogP contribution in [0.5, 0.6) is 0 Å². The molecule has 1 unspecified atom stereocenters. The Balaban J connectivity index is 1.43. The third-order valence-corrected chi connectivity index (χ3v) is 7.35. The van der Waals surface area contributed by atoms with Crippen LogP contribution in [-0.2, 0) is 4.79 Å². The number of carbonyl (C=O) groups is 2. The number of aliphatic hydroxyl groups is 1. The van der Waals surface area contributed by atoms with Crippen LogP contribution in [0.1, 0.15) is 40.6 Å². The zero-order valence-corrected chi connectivity index (χ0v) is 21.0. The molecule has 6 nitrogen and oxygen atoms in total. The van der Waals surface area contributed by atoms with Crippen molar-refractivity contribution in [2.24, 2.45) is 0 Å². The Kier molecular flexibility index (Phi) is 5.76. The number of rotatable bonds is 5. The lowest BCUT2D eigenvalue weighted by Gasteiger charge is -2.27. The van der Waals surface area contributed by atoms with Crippen LogP contribution in [0.15, 0.2) is 88.5 Å². The number of carbonyl (C=O) groups excluding carboxylic acids is 2. The SMILES string of the molecule is Cc1cccc(C2C(C(=O)c3cc4cc(Cl)ccc4o3)=C(O)C(=O)N2c2ccc(N3CCCC3)cc2)c1. The van der Waals surface area contributed by atoms with Gasteiger partial charge in [-0.05, 0) is 73.9 Å². The number of aliphatic hydroxyl groups excluding tert-OH is 1. The van der Waals surface area contributed by atoms with E-state index in [2.05, 4.69) is 4.90 Å². The van der Waals surface area contributed by atoms with Gasteiger partial charge in [-0.3, -0.25) is 14.5 Å². The van der Waals surface area contributed by atoms with Crippen molar-refractivity contribution in [2.45, 2.75) is 25.8 Å². The van der Waals surface area contributed by atoms with Crippen LogP contribution >= 0.6 is 11.6 Å². The molecule has 186 valence electrons. The highest BCUT2D eigenvalue weighted by Crippen LogP contribution is 2.43. The lowest BCUT2D eigenvalue weighted by Crippen LogP contribution is -2.31. The van der Waals surface area contributed by atoms with E-state index in [1.807, 2.05) is 55.5 Å². The van der Waals surface area contributed by atoms with E-state index in [4.69, 9.17) is 16.0 Å². The van der Waals surface area contributed by atoms with Crippen molar-refractivity contribution in [3.05, 3.63) is 106 Å². The second-order valence-electron chi connectivity index (χ2n) is 9.59. The van der Waals surface area contributed by atoms with Gasteiger partial charge in [-0.1, -0.05) is 41.4 Å². The predicted octanol–water partition coefficient (Wildman–Crippen LogP) is 6.78. The van der Waals surface area contributed by atoms with Gasteiger partial charge in [0, 0.05) is 34.9 Å². The summed E-state index contributed by atoms with van der Waals surface area (Å²) < 4.78 is 5.81. The van der Waals surface area contributed by atoms with Gasteiger partial charge in [-0.25, -0.2) is 0 Å². The minimum absolute atomic E-state index is 0.00984. The van der Waals surface area contributed by atoms with E-state index in [1.165, 1.54) is 17.7 Å². The first-order valence-corrected chi connectivity index (χ1v) is 12.7. The fraction of sp³-hybridized carbons (Fsp3) is 0.200. The second-order valence-corrected chi connectivity index (χ2v) is 10.0. The molecule has 0 aliphatic carbocycles. The van der Waals surface area contributed by atoms with Gasteiger partial charge in [0.2, 0.25) is 5.78 Å². The summed E-state index contributed by atoms with van der Waals surface area (Å²) in [6.07, 6.45) is 2.33. The Labute approximate surface area is 219 Å². The van der Waals surface area contributed by atoms with E-state index >= 15 is 0 Å². The Morgan fingerprint density at radius 2 is 1.70 bits per heavy atom. The molecule has 0 bridgehead atoms. The summed E-state index contributed by atoms with van der Waals surface area (Å²) in [5, 5.41) is 12.3. The van der Waals surface area contributed by atoms with Gasteiger partial charge in [0.1, 0.15) is 5.58 Å². The molecule has 1 atom stereocenters. The summed E-state index contributed by atoms with van der Waals surface area (Å²) in [5.74, 6) is -1.70. The average Bonchev–Trinajstić information content (AvgIpc) is 3.63. The molecule has 4 aromatic rings. The van der Waals surface area contributed by atoms with Crippen molar-refractivity contribution in [3.8, 4) is 0 Å². The zero-order chi connectivity index (χ0) is 25.7. The molecule has 1 fully saturated rings. The van der Waals surface area contributed by atoms with Gasteiger partial charge in [0.15, 0.2) is 11.5 Å². The van der Waals surface area contributed by atoms with E-state index in [1.54, 1.807) is 24.3 Å². The van der Waals surface area contributed by atoms with Gasteiger partial charge in [0.25, 0.3) is 5.91 Å². The molecule has 6 rings (SSSR count). The number of hydrogen-bond acceptors (Lipinski definition) is 5. The molecule has 0 spiro atoms. The van der Waals surface area contributed by atoms with Crippen LogP contribution in [0.25, 0.3) is 11.0 Å². The normalized spacial score (nSPS) is 17.9. The molecule has 0 radical (unpaired) electrons. The molecule has 0 saturated carbocycles. The molecule has 2 aliphatic heterocycles. The van der Waals surface area contributed by atoms with Gasteiger partial charge >= 0.3 is 0 Å². The van der Waals surface area contributed by atoms with Crippen LogP contribution in [-0.4, -0.2) is 29.9 Å². The number of fused-ring (bicyclic) bond motifs is 1. The van der Waals surface area contributed by atoms with Crippen molar-refractivity contribution < 1.29 is 19.1 Å². The van der Waals surface area contributed by atoms with Crippen molar-refractivity contribution in [1.29, 1.82) is 0 Å². The van der Waals surface area contributed by atoms with E-state index in [0.29, 0.717) is 21.7 Å². The second kappa shape index (κ2) is 9.12. The quantitative estimate of drug-likeness (QED) is 0.298. The highest BCUT2D eigenvalue weighted by Gasteiger charge is 2.45. The van der Waals surface area contributed by atoms with Crippen molar-refractivity contribution in [2.75, 3.05) is 22.9 Å². The summed E-state index contributed by atoms with van der Waals surface area (Å²) in [6, 6.07) is 21.2. The maximum atomic E-state index is 13.8. The highest BCUT2D eigenvalue weighted by atomic mass is 35.5. The van der Waals surface area contributed by atoms with E-state index in [-0.39, 0.29) is 11.3 Å². The smallest absolute Gasteiger partial charge is 0.294 e. The van der Waals surface area contributed by atoms with Gasteiger partial charge in [-0.2, -0.15) is 0 Å². The number of Topliss-reactive ketones (excluding diaryl/α,β-unsaturated/α-hetero) is 1. The molecule has 3 aromatic carbocycles. The van der Waals surface area contributed by atoms with Crippen molar-refractivity contribution in [1.82, 2.24) is 0 Å². The standard InChI is InChI=1S/C30H25ClN2O4/c1-18-5-4-6-19(15-18)27-26(28(34)25-17-20-16-21(31)7-12-24(20)37-25)29(35)30(36)33(27)23-10-8-22(9-11-23)32-13-2-3-14-32/h4-12,15-17,27,35H,2-3,13-14H2,1H3. The lowest BCUT2D eigenvalue weighted by atomic mass is 9.94. The van der Waals surface area contributed by atoms with Crippen LogP contribution in [0.2, 0.25) is 5.02 Å². The Morgan fingerprint density at radius 1 is 0.973 bits per heavy atom. The topological polar surface area (TPSA) is 74.0 Å². The third kappa shape index (κ3) is 4.07. The fourth-order valence-electron chi connectivity index (χ4n) is 5.32. The summed E-state index contributed by atoms with van der Waals surface area (Å²) in [7, 11) is 0. The number of ketones is 1. The molecule has 1 amide bonds. The first-order chi connectivity index (χ1) is 17.9. The third-order valence-electron chi connectivity index (χ3n) is 7.11. The molecular weight excluding hydrogens is 488 g/mol. The number of anilines is 2. The van der Waals surface area contributed by atoms with Crippen molar-refractivity contribution >= 4 is 45.6 Å². The summed E-state index contributed by atoms with van der Waals surface area (Å²) in [4.78, 5) is 31.1. The number of nitrogens with zero attached hydrogens (tertiary/aromatic N) is 2. The van der Waals surface area contributed by atoms with Gasteiger partial charge in [0.05, 0.1) is 11.6 Å². The summed E-state index contributed by atoms with van der Waals surface area (Å²) >= 11 is 6.10. The van der Waals surface area contributed by atoms with Crippen LogP contribution < -0.4 is 9.80 Å². The number of aryl methyl sites for hydroxylation is 1. The molecular formula is C30H25ClN2O4. The van der Waals surface area contributed by atoms with Gasteiger partial charge < -0.3 is 14.4 Å². The molecule has 1 N–H and O–H groups in total. The Hall–Kier alpha value is -4.03. The highest BCUT2D eigenvalue weighted by molar-refractivity contribution is 6.31. The first kappa shape index (κ1) is 23.4. The first-order valence-electron chi connectivity index (χ1n) is 12.3.